The standard InChI is InChI=1S/C9H19NO2.C2H6/c1-4-9(11)10-5-6-12-7-8(2)3;1-2/h8H,4-7H2,1-3H3,(H,10,11);1-2H3. The van der Waals surface area contributed by atoms with Crippen molar-refractivity contribution in [3.63, 3.8) is 0 Å². The van der Waals surface area contributed by atoms with Crippen molar-refractivity contribution >= 4 is 5.91 Å². The highest BCUT2D eigenvalue weighted by Gasteiger charge is 1.96. The SMILES string of the molecule is CC.CCC(=O)NCCOCC(C)C. The maximum Gasteiger partial charge on any atom is 0.219 e. The van der Waals surface area contributed by atoms with E-state index in [1.54, 1.807) is 0 Å². The molecule has 0 saturated heterocycles. The average molecular weight is 203 g/mol. The van der Waals surface area contributed by atoms with Gasteiger partial charge in [0, 0.05) is 19.6 Å². The van der Waals surface area contributed by atoms with Gasteiger partial charge >= 0.3 is 0 Å². The van der Waals surface area contributed by atoms with E-state index < -0.39 is 0 Å². The second-order valence-electron chi connectivity index (χ2n) is 3.17. The predicted octanol–water partition coefficient (Wildman–Crippen LogP) is 2.21. The molecule has 1 N–H and O–H groups in total. The number of carbonyl (C=O) groups is 1. The van der Waals surface area contributed by atoms with Crippen molar-refractivity contribution in [1.29, 1.82) is 0 Å². The molecule has 0 heterocycles. The Hall–Kier alpha value is -0.570. The Bertz CT molecular complexity index is 124. The molecule has 0 spiro atoms. The fraction of sp³-hybridized carbons (Fsp3) is 0.909. The highest BCUT2D eigenvalue weighted by atomic mass is 16.5. The molecule has 0 unspecified atom stereocenters. The molecule has 3 nitrogen and oxygen atoms in total. The van der Waals surface area contributed by atoms with Gasteiger partial charge in [-0.3, -0.25) is 4.79 Å². The summed E-state index contributed by atoms with van der Waals surface area (Å²) in [6.07, 6.45) is 0.546. The maximum absolute atomic E-state index is 10.7. The summed E-state index contributed by atoms with van der Waals surface area (Å²) in [4.78, 5) is 10.7. The number of carbonyl (C=O) groups excluding carboxylic acids is 1. The van der Waals surface area contributed by atoms with Crippen LogP contribution < -0.4 is 5.32 Å². The van der Waals surface area contributed by atoms with Gasteiger partial charge in [0.15, 0.2) is 0 Å². The van der Waals surface area contributed by atoms with E-state index in [1.165, 1.54) is 0 Å². The lowest BCUT2D eigenvalue weighted by Gasteiger charge is -2.06. The number of hydrogen-bond donors (Lipinski definition) is 1. The third-order valence-corrected chi connectivity index (χ3v) is 1.34. The maximum atomic E-state index is 10.7. The van der Waals surface area contributed by atoms with Gasteiger partial charge in [-0.05, 0) is 5.92 Å². The number of nitrogens with one attached hydrogen (secondary N) is 1. The molecule has 0 saturated carbocycles. The summed E-state index contributed by atoms with van der Waals surface area (Å²) in [6, 6.07) is 0. The Labute approximate surface area is 88.2 Å². The molecular formula is C11H25NO2. The zero-order chi connectivity index (χ0) is 11.4. The van der Waals surface area contributed by atoms with E-state index in [1.807, 2.05) is 20.8 Å². The minimum atomic E-state index is 0.0862. The molecule has 0 aliphatic carbocycles. The molecule has 86 valence electrons. The van der Waals surface area contributed by atoms with Crippen molar-refractivity contribution < 1.29 is 9.53 Å². The van der Waals surface area contributed by atoms with Crippen LogP contribution in [0.3, 0.4) is 0 Å². The zero-order valence-electron chi connectivity index (χ0n) is 10.2. The van der Waals surface area contributed by atoms with Crippen LogP contribution in [0, 0.1) is 5.92 Å². The van der Waals surface area contributed by atoms with Crippen molar-refractivity contribution in [3.8, 4) is 0 Å². The van der Waals surface area contributed by atoms with Gasteiger partial charge in [-0.2, -0.15) is 0 Å². The highest BCUT2D eigenvalue weighted by Crippen LogP contribution is 1.90. The number of hydrogen-bond acceptors (Lipinski definition) is 2. The van der Waals surface area contributed by atoms with Crippen molar-refractivity contribution in [3.05, 3.63) is 0 Å². The summed E-state index contributed by atoms with van der Waals surface area (Å²) in [5, 5.41) is 2.74. The fourth-order valence-electron chi connectivity index (χ4n) is 0.707. The van der Waals surface area contributed by atoms with Crippen molar-refractivity contribution in [1.82, 2.24) is 5.32 Å². The van der Waals surface area contributed by atoms with Crippen LogP contribution in [0.2, 0.25) is 0 Å². The summed E-state index contributed by atoms with van der Waals surface area (Å²) in [6.45, 7) is 12.0. The van der Waals surface area contributed by atoms with Gasteiger partial charge in [0.1, 0.15) is 0 Å². The predicted molar refractivity (Wildman–Crippen MR) is 60.3 cm³/mol. The van der Waals surface area contributed by atoms with Crippen LogP contribution in [0.4, 0.5) is 0 Å². The highest BCUT2D eigenvalue weighted by molar-refractivity contribution is 5.75. The van der Waals surface area contributed by atoms with Crippen LogP contribution in [0.5, 0.6) is 0 Å². The van der Waals surface area contributed by atoms with E-state index in [-0.39, 0.29) is 5.91 Å². The lowest BCUT2D eigenvalue weighted by Crippen LogP contribution is -2.26. The van der Waals surface area contributed by atoms with Crippen LogP contribution in [0.15, 0.2) is 0 Å². The van der Waals surface area contributed by atoms with Gasteiger partial charge < -0.3 is 10.1 Å². The zero-order valence-corrected chi connectivity index (χ0v) is 10.2. The summed E-state index contributed by atoms with van der Waals surface area (Å²) in [5.74, 6) is 0.648. The van der Waals surface area contributed by atoms with Gasteiger partial charge in [0.05, 0.1) is 6.61 Å². The minimum Gasteiger partial charge on any atom is -0.379 e. The van der Waals surface area contributed by atoms with Gasteiger partial charge in [-0.15, -0.1) is 0 Å². The molecular weight excluding hydrogens is 178 g/mol. The summed E-state index contributed by atoms with van der Waals surface area (Å²) in [7, 11) is 0. The van der Waals surface area contributed by atoms with Gasteiger partial charge in [-0.1, -0.05) is 34.6 Å². The number of amides is 1. The van der Waals surface area contributed by atoms with E-state index in [0.29, 0.717) is 25.5 Å². The van der Waals surface area contributed by atoms with Crippen molar-refractivity contribution in [2.45, 2.75) is 41.0 Å². The number of ether oxygens (including phenoxy) is 1. The molecule has 0 aromatic heterocycles. The van der Waals surface area contributed by atoms with E-state index in [4.69, 9.17) is 4.74 Å². The monoisotopic (exact) mass is 203 g/mol. The molecule has 0 rings (SSSR count). The van der Waals surface area contributed by atoms with Crippen molar-refractivity contribution in [2.24, 2.45) is 5.92 Å². The van der Waals surface area contributed by atoms with Crippen molar-refractivity contribution in [2.75, 3.05) is 19.8 Å². The molecule has 14 heavy (non-hydrogen) atoms. The van der Waals surface area contributed by atoms with Crippen LogP contribution >= 0.6 is 0 Å². The number of rotatable bonds is 6. The quantitative estimate of drug-likeness (QED) is 0.672. The third-order valence-electron chi connectivity index (χ3n) is 1.34. The van der Waals surface area contributed by atoms with Crippen LogP contribution in [-0.2, 0) is 9.53 Å². The summed E-state index contributed by atoms with van der Waals surface area (Å²) in [5.41, 5.74) is 0. The first-order valence-electron chi connectivity index (χ1n) is 5.51. The normalized spacial score (nSPS) is 9.29. The lowest BCUT2D eigenvalue weighted by atomic mass is 10.2. The van der Waals surface area contributed by atoms with Gasteiger partial charge in [-0.25, -0.2) is 0 Å². The van der Waals surface area contributed by atoms with Crippen LogP contribution in [0.1, 0.15) is 41.0 Å². The Morgan fingerprint density at radius 2 is 1.93 bits per heavy atom. The fourth-order valence-corrected chi connectivity index (χ4v) is 0.707. The molecule has 0 radical (unpaired) electrons. The van der Waals surface area contributed by atoms with E-state index >= 15 is 0 Å². The Kier molecular flexibility index (Phi) is 14.1. The molecule has 0 bridgehead atoms. The van der Waals surface area contributed by atoms with E-state index in [9.17, 15) is 4.79 Å². The first-order valence-corrected chi connectivity index (χ1v) is 5.51. The lowest BCUT2D eigenvalue weighted by molar-refractivity contribution is -0.121. The molecule has 0 aliphatic heterocycles. The Balaban J connectivity index is 0. The Morgan fingerprint density at radius 3 is 2.36 bits per heavy atom. The Morgan fingerprint density at radius 1 is 1.36 bits per heavy atom. The molecule has 0 atom stereocenters. The molecule has 0 aromatic carbocycles. The minimum absolute atomic E-state index is 0.0862. The molecule has 0 fully saturated rings. The summed E-state index contributed by atoms with van der Waals surface area (Å²) < 4.78 is 5.28. The largest absolute Gasteiger partial charge is 0.379 e. The first kappa shape index (κ1) is 15.9. The smallest absolute Gasteiger partial charge is 0.219 e. The second kappa shape index (κ2) is 12.4. The molecule has 0 aliphatic rings. The van der Waals surface area contributed by atoms with Gasteiger partial charge in [0.25, 0.3) is 0 Å². The van der Waals surface area contributed by atoms with Crippen LogP contribution in [0.25, 0.3) is 0 Å². The van der Waals surface area contributed by atoms with E-state index in [2.05, 4.69) is 19.2 Å². The topological polar surface area (TPSA) is 38.3 Å². The third kappa shape index (κ3) is 14.0. The summed E-state index contributed by atoms with van der Waals surface area (Å²) >= 11 is 0. The molecule has 0 aromatic rings. The first-order chi connectivity index (χ1) is 6.66. The molecule has 1 amide bonds. The average Bonchev–Trinajstić information content (AvgIpc) is 2.19. The van der Waals surface area contributed by atoms with Gasteiger partial charge in [0.2, 0.25) is 5.91 Å². The molecule has 3 heteroatoms. The van der Waals surface area contributed by atoms with Crippen LogP contribution in [-0.4, -0.2) is 25.7 Å². The second-order valence-corrected chi connectivity index (χ2v) is 3.17. The van der Waals surface area contributed by atoms with E-state index in [0.717, 1.165) is 6.61 Å².